The van der Waals surface area contributed by atoms with Gasteiger partial charge in [-0.15, -0.1) is 0 Å². The molecule has 0 saturated carbocycles. The Morgan fingerprint density at radius 3 is 2.33 bits per heavy atom. The molecule has 94 valence electrons. The molecule has 0 aliphatic rings. The molecule has 0 radical (unpaired) electrons. The quantitative estimate of drug-likeness (QED) is 0.281. The van der Waals surface area contributed by atoms with Gasteiger partial charge in [-0.05, 0) is 5.56 Å². The Labute approximate surface area is 104 Å². The van der Waals surface area contributed by atoms with E-state index in [0.29, 0.717) is 5.56 Å². The van der Waals surface area contributed by atoms with Crippen LogP contribution in [0.2, 0.25) is 0 Å². The van der Waals surface area contributed by atoms with E-state index in [-0.39, 0.29) is 24.0 Å². The summed E-state index contributed by atoms with van der Waals surface area (Å²) in [6, 6.07) is 8.27. The highest BCUT2D eigenvalue weighted by atomic mass is 16.5. The highest BCUT2D eigenvalue weighted by Gasteiger charge is 2.18. The first-order valence-electron chi connectivity index (χ1n) is 5.29. The first-order valence-corrected chi connectivity index (χ1v) is 5.29. The molecule has 0 aliphatic heterocycles. The van der Waals surface area contributed by atoms with Gasteiger partial charge in [-0.2, -0.15) is 0 Å². The molecule has 0 saturated heterocycles. The fraction of sp³-hybridized carbons (Fsp3) is 0.154. The molecule has 0 fully saturated rings. The third kappa shape index (κ3) is 3.28. The Morgan fingerprint density at radius 2 is 1.89 bits per heavy atom. The zero-order chi connectivity index (χ0) is 13.5. The first-order chi connectivity index (χ1) is 8.60. The normalized spacial score (nSPS) is 11.4. The van der Waals surface area contributed by atoms with Crippen LogP contribution < -0.4 is 0 Å². The molecule has 1 rings (SSSR count). The van der Waals surface area contributed by atoms with Gasteiger partial charge in [-0.1, -0.05) is 37.3 Å². The predicted octanol–water partition coefficient (Wildman–Crippen LogP) is 1.63. The lowest BCUT2D eigenvalue weighted by atomic mass is 10.0. The van der Waals surface area contributed by atoms with Crippen LogP contribution in [-0.4, -0.2) is 23.3 Å². The van der Waals surface area contributed by atoms with Crippen LogP contribution in [-0.2, 0) is 19.1 Å². The number of carboxylic acids is 1. The lowest BCUT2D eigenvalue weighted by Gasteiger charge is -2.09. The van der Waals surface area contributed by atoms with Crippen molar-refractivity contribution in [1.29, 1.82) is 0 Å². The summed E-state index contributed by atoms with van der Waals surface area (Å²) >= 11 is 0. The number of carbonyl (C=O) groups excluding carboxylic acids is 2. The van der Waals surface area contributed by atoms with Crippen molar-refractivity contribution in [2.75, 3.05) is 0 Å². The molecule has 0 aromatic heterocycles. The van der Waals surface area contributed by atoms with Crippen molar-refractivity contribution in [3.05, 3.63) is 41.7 Å². The molecular formula is C13H12O5. The number of hydrogen-bond donors (Lipinski definition) is 1. The van der Waals surface area contributed by atoms with Crippen LogP contribution in [0.4, 0.5) is 0 Å². The highest BCUT2D eigenvalue weighted by Crippen LogP contribution is 2.22. The van der Waals surface area contributed by atoms with Crippen molar-refractivity contribution in [3.8, 4) is 0 Å². The van der Waals surface area contributed by atoms with Gasteiger partial charge in [0.25, 0.3) is 0 Å². The molecule has 0 unspecified atom stereocenters. The number of ether oxygens (including phenoxy) is 1. The summed E-state index contributed by atoms with van der Waals surface area (Å²) in [6.45, 7) is 1.64. The minimum absolute atomic E-state index is 0.000123. The second-order valence-electron chi connectivity index (χ2n) is 3.36. The molecule has 5 nitrogen and oxygen atoms in total. The van der Waals surface area contributed by atoms with Crippen molar-refractivity contribution in [2.45, 2.75) is 13.3 Å². The molecule has 1 aromatic rings. The van der Waals surface area contributed by atoms with E-state index >= 15 is 0 Å². The van der Waals surface area contributed by atoms with Crippen molar-refractivity contribution >= 4 is 23.8 Å². The number of esters is 1. The smallest absolute Gasteiger partial charge is 0.376 e. The largest absolute Gasteiger partial charge is 0.478 e. The van der Waals surface area contributed by atoms with Crippen molar-refractivity contribution in [3.63, 3.8) is 0 Å². The van der Waals surface area contributed by atoms with E-state index in [1.807, 2.05) is 0 Å². The number of benzene rings is 1. The molecular weight excluding hydrogens is 236 g/mol. The maximum atomic E-state index is 11.2. The van der Waals surface area contributed by atoms with Crippen LogP contribution in [0.25, 0.3) is 5.57 Å². The SMILES string of the molecule is CC/C(OC(=O)C=O)=C(/C(=O)O)c1ccccc1. The van der Waals surface area contributed by atoms with Crippen molar-refractivity contribution in [1.82, 2.24) is 0 Å². The van der Waals surface area contributed by atoms with Crippen LogP contribution in [0.15, 0.2) is 36.1 Å². The van der Waals surface area contributed by atoms with Gasteiger partial charge in [0.05, 0.1) is 0 Å². The summed E-state index contributed by atoms with van der Waals surface area (Å²) in [6.07, 6.45) is 0.191. The number of carboxylic acid groups (broad SMARTS) is 1. The van der Waals surface area contributed by atoms with Crippen molar-refractivity contribution < 1.29 is 24.2 Å². The zero-order valence-electron chi connectivity index (χ0n) is 9.75. The second-order valence-corrected chi connectivity index (χ2v) is 3.36. The number of aldehydes is 1. The van der Waals surface area contributed by atoms with E-state index in [0.717, 1.165) is 0 Å². The highest BCUT2D eigenvalue weighted by molar-refractivity contribution is 6.22. The summed E-state index contributed by atoms with van der Waals surface area (Å²) in [7, 11) is 0. The maximum Gasteiger partial charge on any atom is 0.376 e. The fourth-order valence-electron chi connectivity index (χ4n) is 1.45. The molecule has 1 aromatic carbocycles. The summed E-state index contributed by atoms with van der Waals surface area (Å²) in [4.78, 5) is 32.4. The second kappa shape index (κ2) is 6.34. The van der Waals surface area contributed by atoms with E-state index in [4.69, 9.17) is 4.74 Å². The van der Waals surface area contributed by atoms with Gasteiger partial charge in [0.15, 0.2) is 0 Å². The third-order valence-corrected chi connectivity index (χ3v) is 2.20. The Kier molecular flexibility index (Phi) is 4.80. The van der Waals surface area contributed by atoms with Crippen molar-refractivity contribution in [2.24, 2.45) is 0 Å². The molecule has 0 heterocycles. The van der Waals surface area contributed by atoms with E-state index in [9.17, 15) is 19.5 Å². The maximum absolute atomic E-state index is 11.2. The minimum Gasteiger partial charge on any atom is -0.478 e. The van der Waals surface area contributed by atoms with Crippen LogP contribution >= 0.6 is 0 Å². The molecule has 0 spiro atoms. The van der Waals surface area contributed by atoms with Crippen LogP contribution in [0, 0.1) is 0 Å². The molecule has 1 N–H and O–H groups in total. The van der Waals surface area contributed by atoms with Gasteiger partial charge in [0.1, 0.15) is 11.3 Å². The lowest BCUT2D eigenvalue weighted by molar-refractivity contribution is -0.145. The Balaban J connectivity index is 3.27. The summed E-state index contributed by atoms with van der Waals surface area (Å²) in [5.74, 6) is -2.36. The van der Waals surface area contributed by atoms with Gasteiger partial charge in [0.2, 0.25) is 6.29 Å². The Morgan fingerprint density at radius 1 is 1.28 bits per heavy atom. The Hall–Kier alpha value is -2.43. The molecule has 18 heavy (non-hydrogen) atoms. The van der Waals surface area contributed by atoms with Gasteiger partial charge in [0, 0.05) is 6.42 Å². The Bertz CT molecular complexity index is 487. The molecule has 0 bridgehead atoms. The molecule has 5 heteroatoms. The average molecular weight is 248 g/mol. The van der Waals surface area contributed by atoms with Gasteiger partial charge < -0.3 is 9.84 Å². The summed E-state index contributed by atoms with van der Waals surface area (Å²) in [5.41, 5.74) is 0.300. The molecule has 0 aliphatic carbocycles. The van der Waals surface area contributed by atoms with Crippen LogP contribution in [0.1, 0.15) is 18.9 Å². The van der Waals surface area contributed by atoms with E-state index in [2.05, 4.69) is 0 Å². The number of aliphatic carboxylic acids is 1. The number of hydrogen-bond acceptors (Lipinski definition) is 4. The van der Waals surface area contributed by atoms with Crippen LogP contribution in [0.3, 0.4) is 0 Å². The fourth-order valence-corrected chi connectivity index (χ4v) is 1.45. The van der Waals surface area contributed by atoms with Crippen LogP contribution in [0.5, 0.6) is 0 Å². The monoisotopic (exact) mass is 248 g/mol. The number of carbonyl (C=O) groups is 3. The third-order valence-electron chi connectivity index (χ3n) is 2.20. The average Bonchev–Trinajstić information content (AvgIpc) is 2.38. The summed E-state index contributed by atoms with van der Waals surface area (Å²) in [5, 5.41) is 9.18. The predicted molar refractivity (Wildman–Crippen MR) is 63.4 cm³/mol. The van der Waals surface area contributed by atoms with E-state index < -0.39 is 11.9 Å². The van der Waals surface area contributed by atoms with E-state index in [1.165, 1.54) is 0 Å². The van der Waals surface area contributed by atoms with Gasteiger partial charge in [-0.25, -0.2) is 9.59 Å². The van der Waals surface area contributed by atoms with E-state index in [1.54, 1.807) is 37.3 Å². The minimum atomic E-state index is -1.21. The zero-order valence-corrected chi connectivity index (χ0v) is 9.75. The topological polar surface area (TPSA) is 80.7 Å². The molecule has 0 atom stereocenters. The summed E-state index contributed by atoms with van der Waals surface area (Å²) < 4.78 is 4.72. The standard InChI is InChI=1S/C13H12O5/c1-2-10(18-11(15)8-14)12(13(16)17)9-6-4-3-5-7-9/h3-8H,2H2,1H3,(H,16,17)/b12-10-. The first kappa shape index (κ1) is 13.6. The number of rotatable bonds is 5. The lowest BCUT2D eigenvalue weighted by Crippen LogP contribution is -2.11. The van der Waals surface area contributed by atoms with Gasteiger partial charge in [-0.3, -0.25) is 4.79 Å². The number of allylic oxidation sites excluding steroid dienone is 1. The molecule has 0 amide bonds. The van der Waals surface area contributed by atoms with Gasteiger partial charge >= 0.3 is 11.9 Å².